The van der Waals surface area contributed by atoms with Crippen molar-refractivity contribution in [1.82, 2.24) is 0 Å². The molecule has 0 amide bonds. The van der Waals surface area contributed by atoms with Crippen molar-refractivity contribution in [3.63, 3.8) is 0 Å². The highest BCUT2D eigenvalue weighted by Gasteiger charge is 2.52. The molecular weight excluding hydrogens is 237 g/mol. The molecular formula is C15H22BNO2. The summed E-state index contributed by atoms with van der Waals surface area (Å²) in [4.78, 5) is 0. The fourth-order valence-electron chi connectivity index (χ4n) is 2.77. The van der Waals surface area contributed by atoms with Crippen LogP contribution in [0.3, 0.4) is 0 Å². The molecule has 102 valence electrons. The van der Waals surface area contributed by atoms with Crippen molar-refractivity contribution < 1.29 is 9.31 Å². The van der Waals surface area contributed by atoms with Crippen LogP contribution in [0, 0.1) is 6.92 Å². The lowest BCUT2D eigenvalue weighted by molar-refractivity contribution is 0.00578. The monoisotopic (exact) mass is 259 g/mol. The topological polar surface area (TPSA) is 30.5 Å². The number of fused-ring (bicyclic) bond motifs is 1. The molecule has 2 aliphatic rings. The Hall–Kier alpha value is -0.995. The van der Waals surface area contributed by atoms with Crippen molar-refractivity contribution in [2.75, 3.05) is 11.9 Å². The van der Waals surface area contributed by atoms with Gasteiger partial charge in [-0.05, 0) is 52.2 Å². The third-order valence-electron chi connectivity index (χ3n) is 4.73. The van der Waals surface area contributed by atoms with Gasteiger partial charge in [0.1, 0.15) is 0 Å². The Balaban J connectivity index is 2.03. The van der Waals surface area contributed by atoms with Gasteiger partial charge in [0.05, 0.1) is 11.2 Å². The molecule has 2 aliphatic heterocycles. The third-order valence-corrected chi connectivity index (χ3v) is 4.73. The molecule has 1 N–H and O–H groups in total. The zero-order valence-electron chi connectivity index (χ0n) is 12.5. The lowest BCUT2D eigenvalue weighted by Crippen LogP contribution is -2.41. The molecule has 0 bridgehead atoms. The quantitative estimate of drug-likeness (QED) is 0.785. The van der Waals surface area contributed by atoms with Crippen LogP contribution >= 0.6 is 0 Å². The number of aryl methyl sites for hydroxylation is 1. The van der Waals surface area contributed by atoms with E-state index in [1.54, 1.807) is 0 Å². The van der Waals surface area contributed by atoms with E-state index in [1.807, 2.05) is 0 Å². The number of hydrogen-bond donors (Lipinski definition) is 1. The van der Waals surface area contributed by atoms with E-state index in [0.29, 0.717) is 0 Å². The number of benzene rings is 1. The summed E-state index contributed by atoms with van der Waals surface area (Å²) < 4.78 is 12.4. The maximum absolute atomic E-state index is 6.19. The van der Waals surface area contributed by atoms with E-state index in [0.717, 1.165) is 13.0 Å². The summed E-state index contributed by atoms with van der Waals surface area (Å²) in [5, 5.41) is 3.48. The van der Waals surface area contributed by atoms with Crippen LogP contribution in [0.2, 0.25) is 0 Å². The van der Waals surface area contributed by atoms with Crippen LogP contribution in [-0.4, -0.2) is 24.9 Å². The van der Waals surface area contributed by atoms with Gasteiger partial charge in [-0.25, -0.2) is 0 Å². The van der Waals surface area contributed by atoms with E-state index in [-0.39, 0.29) is 18.3 Å². The summed E-state index contributed by atoms with van der Waals surface area (Å²) in [6.45, 7) is 11.5. The van der Waals surface area contributed by atoms with Crippen molar-refractivity contribution in [2.45, 2.75) is 52.2 Å². The Kier molecular flexibility index (Phi) is 2.74. The molecule has 4 heteroatoms. The van der Waals surface area contributed by atoms with Gasteiger partial charge in [-0.1, -0.05) is 12.1 Å². The molecule has 3 rings (SSSR count). The molecule has 0 unspecified atom stereocenters. The first kappa shape index (κ1) is 13.0. The molecule has 1 aromatic carbocycles. The van der Waals surface area contributed by atoms with Crippen molar-refractivity contribution in [1.29, 1.82) is 0 Å². The van der Waals surface area contributed by atoms with Gasteiger partial charge >= 0.3 is 7.12 Å². The second-order valence-corrected chi connectivity index (χ2v) is 6.60. The first-order valence-corrected chi connectivity index (χ1v) is 7.04. The van der Waals surface area contributed by atoms with Crippen molar-refractivity contribution in [2.24, 2.45) is 0 Å². The molecule has 0 spiro atoms. The van der Waals surface area contributed by atoms with Gasteiger partial charge < -0.3 is 14.6 Å². The summed E-state index contributed by atoms with van der Waals surface area (Å²) in [6.07, 6.45) is 1.09. The minimum absolute atomic E-state index is 0.273. The Morgan fingerprint density at radius 3 is 2.37 bits per heavy atom. The Bertz CT molecular complexity index is 509. The SMILES string of the molecule is Cc1ccc2c(c1B1OC(C)(C)C(C)(C)O1)NCC2. The molecule has 0 saturated carbocycles. The fourth-order valence-corrected chi connectivity index (χ4v) is 2.77. The predicted octanol–water partition coefficient (Wildman–Crippen LogP) is 2.26. The number of anilines is 1. The van der Waals surface area contributed by atoms with Crippen LogP contribution in [0.25, 0.3) is 0 Å². The highest BCUT2D eigenvalue weighted by molar-refractivity contribution is 6.64. The Labute approximate surface area is 115 Å². The summed E-state index contributed by atoms with van der Waals surface area (Å²) in [7, 11) is -0.273. The van der Waals surface area contributed by atoms with Crippen molar-refractivity contribution in [3.05, 3.63) is 23.3 Å². The van der Waals surface area contributed by atoms with Gasteiger partial charge in [-0.3, -0.25) is 0 Å². The van der Waals surface area contributed by atoms with Gasteiger partial charge in [0.2, 0.25) is 0 Å². The number of nitrogens with one attached hydrogen (secondary N) is 1. The fraction of sp³-hybridized carbons (Fsp3) is 0.600. The molecule has 1 fully saturated rings. The average Bonchev–Trinajstić information content (AvgIpc) is 2.81. The Morgan fingerprint density at radius 1 is 1.11 bits per heavy atom. The highest BCUT2D eigenvalue weighted by atomic mass is 16.7. The van der Waals surface area contributed by atoms with Gasteiger partial charge in [0, 0.05) is 17.7 Å². The lowest BCUT2D eigenvalue weighted by Gasteiger charge is -2.32. The highest BCUT2D eigenvalue weighted by Crippen LogP contribution is 2.38. The van der Waals surface area contributed by atoms with Crippen LogP contribution in [0.15, 0.2) is 12.1 Å². The van der Waals surface area contributed by atoms with Crippen LogP contribution in [0.1, 0.15) is 38.8 Å². The minimum atomic E-state index is -0.286. The molecule has 0 aromatic heterocycles. The summed E-state index contributed by atoms with van der Waals surface area (Å²) >= 11 is 0. The second-order valence-electron chi connectivity index (χ2n) is 6.60. The average molecular weight is 259 g/mol. The molecule has 3 nitrogen and oxygen atoms in total. The Morgan fingerprint density at radius 2 is 1.74 bits per heavy atom. The third kappa shape index (κ3) is 1.89. The smallest absolute Gasteiger partial charge is 0.399 e. The van der Waals surface area contributed by atoms with E-state index in [1.165, 1.54) is 22.3 Å². The van der Waals surface area contributed by atoms with Crippen LogP contribution < -0.4 is 10.8 Å². The van der Waals surface area contributed by atoms with E-state index >= 15 is 0 Å². The van der Waals surface area contributed by atoms with Gasteiger partial charge in [-0.15, -0.1) is 0 Å². The van der Waals surface area contributed by atoms with E-state index in [2.05, 4.69) is 52.1 Å². The van der Waals surface area contributed by atoms with E-state index < -0.39 is 0 Å². The zero-order chi connectivity index (χ0) is 13.8. The summed E-state index contributed by atoms with van der Waals surface area (Å²) in [5.74, 6) is 0. The molecule has 0 aliphatic carbocycles. The zero-order valence-corrected chi connectivity index (χ0v) is 12.5. The number of rotatable bonds is 1. The normalized spacial score (nSPS) is 23.3. The van der Waals surface area contributed by atoms with Gasteiger partial charge in [0.25, 0.3) is 0 Å². The minimum Gasteiger partial charge on any atom is -0.399 e. The maximum atomic E-state index is 6.19. The lowest BCUT2D eigenvalue weighted by atomic mass is 9.74. The van der Waals surface area contributed by atoms with Crippen molar-refractivity contribution >= 4 is 18.3 Å². The summed E-state index contributed by atoms with van der Waals surface area (Å²) in [6, 6.07) is 4.38. The molecule has 1 aromatic rings. The van der Waals surface area contributed by atoms with Crippen molar-refractivity contribution in [3.8, 4) is 0 Å². The molecule has 19 heavy (non-hydrogen) atoms. The molecule has 0 radical (unpaired) electrons. The second kappa shape index (κ2) is 4.00. The van der Waals surface area contributed by atoms with Crippen LogP contribution in [-0.2, 0) is 15.7 Å². The molecule has 1 saturated heterocycles. The standard InChI is InChI=1S/C15H22BNO2/c1-10-6-7-11-8-9-17-13(11)12(10)16-18-14(2,3)15(4,5)19-16/h6-7,17H,8-9H2,1-5H3. The van der Waals surface area contributed by atoms with Crippen LogP contribution in [0.4, 0.5) is 5.69 Å². The first-order valence-electron chi connectivity index (χ1n) is 7.04. The largest absolute Gasteiger partial charge is 0.497 e. The first-order chi connectivity index (χ1) is 8.82. The number of hydrogen-bond acceptors (Lipinski definition) is 3. The summed E-state index contributed by atoms with van der Waals surface area (Å²) in [5.41, 5.74) is 4.42. The molecule has 0 atom stereocenters. The predicted molar refractivity (Wildman–Crippen MR) is 79.1 cm³/mol. The van der Waals surface area contributed by atoms with E-state index in [4.69, 9.17) is 9.31 Å². The van der Waals surface area contributed by atoms with Crippen LogP contribution in [0.5, 0.6) is 0 Å². The van der Waals surface area contributed by atoms with E-state index in [9.17, 15) is 0 Å². The molecule has 2 heterocycles. The van der Waals surface area contributed by atoms with Gasteiger partial charge in [0.15, 0.2) is 0 Å². The maximum Gasteiger partial charge on any atom is 0.497 e. The van der Waals surface area contributed by atoms with Gasteiger partial charge in [-0.2, -0.15) is 0 Å².